The number of aryl methyl sites for hydroxylation is 1. The number of hydrogen-bond acceptors (Lipinski definition) is 4. The van der Waals surface area contributed by atoms with Crippen molar-refractivity contribution in [1.82, 2.24) is 10.6 Å². The van der Waals surface area contributed by atoms with Crippen LogP contribution in [-0.2, 0) is 11.2 Å². The molecular weight excluding hydrogens is 378 g/mol. The van der Waals surface area contributed by atoms with Crippen molar-refractivity contribution in [2.24, 2.45) is 10.9 Å². The van der Waals surface area contributed by atoms with Gasteiger partial charge in [0.15, 0.2) is 17.5 Å². The average molecular weight is 410 g/mol. The van der Waals surface area contributed by atoms with Crippen LogP contribution in [0, 0.1) is 12.8 Å². The second-order valence-corrected chi connectivity index (χ2v) is 7.92. The molecule has 6 nitrogen and oxygen atoms in total. The maximum absolute atomic E-state index is 6.14. The molecular formula is C24H31N3O3. The number of benzene rings is 2. The summed E-state index contributed by atoms with van der Waals surface area (Å²) in [5, 5.41) is 6.91. The van der Waals surface area contributed by atoms with E-state index in [1.165, 1.54) is 16.7 Å². The summed E-state index contributed by atoms with van der Waals surface area (Å²) < 4.78 is 17.0. The van der Waals surface area contributed by atoms with E-state index in [0.29, 0.717) is 12.7 Å². The Bertz CT molecular complexity index is 866. The van der Waals surface area contributed by atoms with Crippen molar-refractivity contribution >= 4 is 5.96 Å². The number of hydrogen-bond donors (Lipinski definition) is 2. The van der Waals surface area contributed by atoms with Crippen molar-refractivity contribution in [1.29, 1.82) is 0 Å². The average Bonchev–Trinajstić information content (AvgIpc) is 3.25. The maximum Gasteiger partial charge on any atom is 0.231 e. The topological polar surface area (TPSA) is 64.1 Å². The lowest BCUT2D eigenvalue weighted by Gasteiger charge is -2.32. The molecule has 0 saturated carbocycles. The zero-order valence-electron chi connectivity index (χ0n) is 17.8. The third-order valence-electron chi connectivity index (χ3n) is 5.75. The van der Waals surface area contributed by atoms with Gasteiger partial charge in [-0.25, -0.2) is 0 Å². The molecule has 1 saturated heterocycles. The molecule has 2 heterocycles. The molecule has 6 heteroatoms. The molecule has 0 aromatic heterocycles. The third-order valence-corrected chi connectivity index (χ3v) is 5.75. The predicted octanol–water partition coefficient (Wildman–Crippen LogP) is 3.60. The summed E-state index contributed by atoms with van der Waals surface area (Å²) in [5.41, 5.74) is 3.75. The van der Waals surface area contributed by atoms with Crippen LogP contribution in [0.25, 0.3) is 0 Å². The van der Waals surface area contributed by atoms with E-state index >= 15 is 0 Å². The highest BCUT2D eigenvalue weighted by Gasteiger charge is 2.27. The quantitative estimate of drug-likeness (QED) is 0.564. The Kier molecular flexibility index (Phi) is 6.74. The number of nitrogens with zero attached hydrogens (tertiary/aromatic N) is 1. The number of aliphatic imine (C=N–C) groups is 1. The van der Waals surface area contributed by atoms with Crippen LogP contribution in [0.2, 0.25) is 0 Å². The van der Waals surface area contributed by atoms with Gasteiger partial charge in [0.1, 0.15) is 0 Å². The van der Waals surface area contributed by atoms with Crippen molar-refractivity contribution in [2.75, 3.05) is 33.5 Å². The Morgan fingerprint density at radius 1 is 1.07 bits per heavy atom. The molecule has 2 atom stereocenters. The lowest BCUT2D eigenvalue weighted by Crippen LogP contribution is -2.42. The van der Waals surface area contributed by atoms with Crippen LogP contribution in [0.5, 0.6) is 11.5 Å². The standard InChI is InChI=1S/C24H31N3O3/c1-17-5-8-19(9-6-17)23-20(4-3-13-28-23)15-27-24(25-2)26-12-11-18-7-10-21-22(14-18)30-16-29-21/h5-10,14,20,23H,3-4,11-13,15-16H2,1-2H3,(H2,25,26,27). The first kappa shape index (κ1) is 20.5. The minimum atomic E-state index is 0.138. The van der Waals surface area contributed by atoms with Gasteiger partial charge in [-0.05, 0) is 49.4 Å². The summed E-state index contributed by atoms with van der Waals surface area (Å²) in [6.45, 7) is 4.88. The summed E-state index contributed by atoms with van der Waals surface area (Å²) in [6.07, 6.45) is 3.28. The van der Waals surface area contributed by atoms with Crippen LogP contribution in [0.1, 0.15) is 35.6 Å². The second kappa shape index (κ2) is 9.85. The summed E-state index contributed by atoms with van der Waals surface area (Å²) in [4.78, 5) is 4.38. The molecule has 2 aliphatic heterocycles. The van der Waals surface area contributed by atoms with E-state index in [2.05, 4.69) is 52.9 Å². The first-order valence-corrected chi connectivity index (χ1v) is 10.7. The normalized spacial score (nSPS) is 20.8. The number of ether oxygens (including phenoxy) is 3. The lowest BCUT2D eigenvalue weighted by molar-refractivity contribution is -0.0265. The third kappa shape index (κ3) is 5.05. The molecule has 2 aromatic carbocycles. The number of guanidine groups is 1. The van der Waals surface area contributed by atoms with E-state index in [4.69, 9.17) is 14.2 Å². The number of nitrogens with one attached hydrogen (secondary N) is 2. The molecule has 1 fully saturated rings. The SMILES string of the molecule is CN=C(NCCc1ccc2c(c1)OCO2)NCC1CCCOC1c1ccc(C)cc1. The molecule has 0 radical (unpaired) electrons. The second-order valence-electron chi connectivity index (χ2n) is 7.92. The Labute approximate surface area is 178 Å². The fraction of sp³-hybridized carbons (Fsp3) is 0.458. The fourth-order valence-electron chi connectivity index (χ4n) is 4.05. The van der Waals surface area contributed by atoms with E-state index in [0.717, 1.165) is 56.4 Å². The molecule has 2 N–H and O–H groups in total. The smallest absolute Gasteiger partial charge is 0.231 e. The van der Waals surface area contributed by atoms with E-state index in [1.807, 2.05) is 19.2 Å². The van der Waals surface area contributed by atoms with Gasteiger partial charge in [-0.15, -0.1) is 0 Å². The van der Waals surface area contributed by atoms with Crippen LogP contribution in [0.15, 0.2) is 47.5 Å². The Balaban J connectivity index is 1.27. The van der Waals surface area contributed by atoms with Crippen LogP contribution in [0.4, 0.5) is 0 Å². The minimum absolute atomic E-state index is 0.138. The highest BCUT2D eigenvalue weighted by atomic mass is 16.7. The van der Waals surface area contributed by atoms with Gasteiger partial charge in [-0.3, -0.25) is 4.99 Å². The monoisotopic (exact) mass is 409 g/mol. The molecule has 0 bridgehead atoms. The lowest BCUT2D eigenvalue weighted by atomic mass is 9.89. The maximum atomic E-state index is 6.14. The predicted molar refractivity (Wildman–Crippen MR) is 118 cm³/mol. The van der Waals surface area contributed by atoms with Crippen LogP contribution >= 0.6 is 0 Å². The van der Waals surface area contributed by atoms with Gasteiger partial charge in [-0.2, -0.15) is 0 Å². The summed E-state index contributed by atoms with van der Waals surface area (Å²) in [5.74, 6) is 2.90. The Morgan fingerprint density at radius 3 is 2.73 bits per heavy atom. The van der Waals surface area contributed by atoms with E-state index in [9.17, 15) is 0 Å². The fourth-order valence-corrected chi connectivity index (χ4v) is 4.05. The highest BCUT2D eigenvalue weighted by Crippen LogP contribution is 2.34. The molecule has 2 aliphatic rings. The molecule has 0 spiro atoms. The minimum Gasteiger partial charge on any atom is -0.454 e. The molecule has 0 amide bonds. The van der Waals surface area contributed by atoms with Crippen LogP contribution in [-0.4, -0.2) is 39.5 Å². The summed E-state index contributed by atoms with van der Waals surface area (Å²) in [6, 6.07) is 14.8. The van der Waals surface area contributed by atoms with Gasteiger partial charge >= 0.3 is 0 Å². The van der Waals surface area contributed by atoms with E-state index < -0.39 is 0 Å². The first-order valence-electron chi connectivity index (χ1n) is 10.7. The number of rotatable bonds is 6. The van der Waals surface area contributed by atoms with Crippen LogP contribution in [0.3, 0.4) is 0 Å². The molecule has 2 unspecified atom stereocenters. The Hall–Kier alpha value is -2.73. The summed E-state index contributed by atoms with van der Waals surface area (Å²) in [7, 11) is 1.81. The van der Waals surface area contributed by atoms with Gasteiger partial charge < -0.3 is 24.8 Å². The van der Waals surface area contributed by atoms with Crippen molar-refractivity contribution in [2.45, 2.75) is 32.3 Å². The largest absolute Gasteiger partial charge is 0.454 e. The van der Waals surface area contributed by atoms with Crippen molar-refractivity contribution in [3.05, 3.63) is 59.2 Å². The van der Waals surface area contributed by atoms with Gasteiger partial charge in [0.2, 0.25) is 6.79 Å². The molecule has 2 aromatic rings. The van der Waals surface area contributed by atoms with E-state index in [-0.39, 0.29) is 6.10 Å². The van der Waals surface area contributed by atoms with Crippen molar-refractivity contribution < 1.29 is 14.2 Å². The molecule has 160 valence electrons. The van der Waals surface area contributed by atoms with E-state index in [1.54, 1.807) is 0 Å². The van der Waals surface area contributed by atoms with Crippen molar-refractivity contribution in [3.8, 4) is 11.5 Å². The summed E-state index contributed by atoms with van der Waals surface area (Å²) >= 11 is 0. The molecule has 30 heavy (non-hydrogen) atoms. The van der Waals surface area contributed by atoms with Gasteiger partial charge in [0, 0.05) is 32.7 Å². The molecule has 4 rings (SSSR count). The Morgan fingerprint density at radius 2 is 1.90 bits per heavy atom. The highest BCUT2D eigenvalue weighted by molar-refractivity contribution is 5.79. The van der Waals surface area contributed by atoms with Gasteiger partial charge in [-0.1, -0.05) is 35.9 Å². The first-order chi connectivity index (χ1) is 14.7. The van der Waals surface area contributed by atoms with Crippen molar-refractivity contribution in [3.63, 3.8) is 0 Å². The molecule has 0 aliphatic carbocycles. The van der Waals surface area contributed by atoms with Gasteiger partial charge in [0.05, 0.1) is 6.10 Å². The van der Waals surface area contributed by atoms with Crippen LogP contribution < -0.4 is 20.1 Å². The van der Waals surface area contributed by atoms with Gasteiger partial charge in [0.25, 0.3) is 0 Å². The zero-order chi connectivity index (χ0) is 20.8. The zero-order valence-corrected chi connectivity index (χ0v) is 17.8. The number of fused-ring (bicyclic) bond motifs is 1.